The van der Waals surface area contributed by atoms with Crippen LogP contribution in [0.25, 0.3) is 22.3 Å². The number of phenolic OH excluding ortho intramolecular Hbond substituents is 5. The van der Waals surface area contributed by atoms with Gasteiger partial charge in [0.25, 0.3) is 0 Å². The standard InChI is InChI=1S/C21H18O14/c22-6-2-1-5(3-7(6)23)9-4-8(24)10-11(25)12(26)14(28)18(17(10)33-9)34-21-16(30)13(27)15(29)19(35-21)20(31)32/h1-4,13,15-16,19,21-23,25-30H,(H,31,32). The molecule has 14 nitrogen and oxygen atoms in total. The molecule has 1 aromatic heterocycles. The van der Waals surface area contributed by atoms with Crippen LogP contribution in [0.2, 0.25) is 0 Å². The number of aliphatic hydroxyl groups excluding tert-OH is 3. The molecule has 1 aliphatic heterocycles. The van der Waals surface area contributed by atoms with E-state index in [4.69, 9.17) is 13.9 Å². The number of hydrogen-bond donors (Lipinski definition) is 9. The molecule has 1 saturated heterocycles. The predicted octanol–water partition coefficient (Wildman–Crippen LogP) is -0.741. The largest absolute Gasteiger partial charge is 0.504 e. The van der Waals surface area contributed by atoms with E-state index >= 15 is 0 Å². The zero-order valence-electron chi connectivity index (χ0n) is 17.3. The molecule has 1 fully saturated rings. The molecule has 0 saturated carbocycles. The number of aliphatic carboxylic acids is 1. The molecule has 1 aliphatic rings. The van der Waals surface area contributed by atoms with Gasteiger partial charge in [-0.3, -0.25) is 4.79 Å². The average molecular weight is 494 g/mol. The Morgan fingerprint density at radius 2 is 1.54 bits per heavy atom. The molecule has 0 radical (unpaired) electrons. The Hall–Kier alpha value is -4.24. The Morgan fingerprint density at radius 1 is 0.857 bits per heavy atom. The van der Waals surface area contributed by atoms with Gasteiger partial charge in [0.1, 0.15) is 29.5 Å². The van der Waals surface area contributed by atoms with E-state index in [1.54, 1.807) is 0 Å². The van der Waals surface area contributed by atoms with Crippen LogP contribution in [-0.4, -0.2) is 82.6 Å². The van der Waals surface area contributed by atoms with Crippen molar-refractivity contribution in [2.75, 3.05) is 0 Å². The fourth-order valence-electron chi connectivity index (χ4n) is 3.52. The van der Waals surface area contributed by atoms with Crippen molar-refractivity contribution in [1.29, 1.82) is 0 Å². The maximum atomic E-state index is 12.7. The Morgan fingerprint density at radius 3 is 2.17 bits per heavy atom. The van der Waals surface area contributed by atoms with Gasteiger partial charge in [0.05, 0.1) is 0 Å². The fraction of sp³-hybridized carbons (Fsp3) is 0.238. The summed E-state index contributed by atoms with van der Waals surface area (Å²) >= 11 is 0. The summed E-state index contributed by atoms with van der Waals surface area (Å²) in [5.41, 5.74) is -1.61. The van der Waals surface area contributed by atoms with Crippen LogP contribution >= 0.6 is 0 Å². The van der Waals surface area contributed by atoms with Crippen LogP contribution in [-0.2, 0) is 9.53 Å². The average Bonchev–Trinajstić information content (AvgIpc) is 2.81. The Balaban J connectivity index is 1.90. The van der Waals surface area contributed by atoms with Crippen molar-refractivity contribution >= 4 is 16.9 Å². The summed E-state index contributed by atoms with van der Waals surface area (Å²) in [4.78, 5) is 24.1. The molecule has 2 aromatic carbocycles. The van der Waals surface area contributed by atoms with Crippen molar-refractivity contribution in [3.05, 3.63) is 34.5 Å². The van der Waals surface area contributed by atoms with E-state index in [2.05, 4.69) is 0 Å². The van der Waals surface area contributed by atoms with Gasteiger partial charge < -0.3 is 59.8 Å². The first-order valence-corrected chi connectivity index (χ1v) is 9.78. The van der Waals surface area contributed by atoms with Crippen molar-refractivity contribution in [1.82, 2.24) is 0 Å². The highest BCUT2D eigenvalue weighted by Crippen LogP contribution is 2.49. The molecular formula is C21H18O14. The van der Waals surface area contributed by atoms with Gasteiger partial charge in [0.2, 0.25) is 23.5 Å². The topological polar surface area (TPSA) is 248 Å². The second-order valence-corrected chi connectivity index (χ2v) is 7.61. The van der Waals surface area contributed by atoms with Crippen LogP contribution in [0.5, 0.6) is 34.5 Å². The van der Waals surface area contributed by atoms with Crippen molar-refractivity contribution in [2.45, 2.75) is 30.7 Å². The van der Waals surface area contributed by atoms with Crippen LogP contribution in [0.4, 0.5) is 0 Å². The summed E-state index contributed by atoms with van der Waals surface area (Å²) in [6, 6.07) is 4.23. The third kappa shape index (κ3) is 3.89. The Bertz CT molecular complexity index is 1380. The zero-order valence-corrected chi connectivity index (χ0v) is 17.3. The van der Waals surface area contributed by atoms with Crippen LogP contribution in [0.15, 0.2) is 33.5 Å². The minimum Gasteiger partial charge on any atom is -0.504 e. The molecule has 0 spiro atoms. The van der Waals surface area contributed by atoms with Crippen LogP contribution < -0.4 is 10.2 Å². The first-order chi connectivity index (χ1) is 16.4. The van der Waals surface area contributed by atoms with Gasteiger partial charge in [-0.05, 0) is 18.2 Å². The van der Waals surface area contributed by atoms with E-state index in [0.717, 1.165) is 18.2 Å². The number of benzene rings is 2. The first kappa shape index (κ1) is 23.9. The third-order valence-electron chi connectivity index (χ3n) is 5.36. The summed E-state index contributed by atoms with van der Waals surface area (Å²) in [6.45, 7) is 0. The lowest BCUT2D eigenvalue weighted by molar-refractivity contribution is -0.271. The van der Waals surface area contributed by atoms with Gasteiger partial charge >= 0.3 is 5.97 Å². The van der Waals surface area contributed by atoms with Crippen LogP contribution in [0.3, 0.4) is 0 Å². The molecule has 9 N–H and O–H groups in total. The predicted molar refractivity (Wildman–Crippen MR) is 111 cm³/mol. The van der Waals surface area contributed by atoms with Crippen LogP contribution in [0.1, 0.15) is 0 Å². The Labute approximate surface area is 193 Å². The highest BCUT2D eigenvalue weighted by atomic mass is 16.7. The summed E-state index contributed by atoms with van der Waals surface area (Å²) in [6.07, 6.45) is -10.3. The molecule has 186 valence electrons. The van der Waals surface area contributed by atoms with Crippen LogP contribution in [0, 0.1) is 0 Å². The molecule has 5 unspecified atom stereocenters. The molecule has 4 rings (SSSR count). The fourth-order valence-corrected chi connectivity index (χ4v) is 3.52. The van der Waals surface area contributed by atoms with E-state index in [9.17, 15) is 55.5 Å². The molecule has 14 heteroatoms. The second kappa shape index (κ2) is 8.52. The van der Waals surface area contributed by atoms with Gasteiger partial charge in [-0.1, -0.05) is 0 Å². The zero-order chi connectivity index (χ0) is 25.8. The smallest absolute Gasteiger partial charge is 0.335 e. The number of carboxylic acids is 1. The normalized spacial score (nSPS) is 24.4. The van der Waals surface area contributed by atoms with Crippen molar-refractivity contribution < 1.29 is 64.6 Å². The van der Waals surface area contributed by atoms with E-state index < -0.39 is 87.6 Å². The van der Waals surface area contributed by atoms with Gasteiger partial charge in [-0.25, -0.2) is 4.79 Å². The van der Waals surface area contributed by atoms with Gasteiger partial charge in [-0.15, -0.1) is 0 Å². The maximum absolute atomic E-state index is 12.7. The van der Waals surface area contributed by atoms with Crippen molar-refractivity contribution in [3.63, 3.8) is 0 Å². The number of carboxylic acid groups (broad SMARTS) is 1. The number of carbonyl (C=O) groups is 1. The summed E-state index contributed by atoms with van der Waals surface area (Å²) in [5, 5.41) is 88.4. The number of phenols is 5. The lowest BCUT2D eigenvalue weighted by atomic mass is 9.99. The molecule has 2 heterocycles. The number of hydrogen-bond acceptors (Lipinski definition) is 13. The van der Waals surface area contributed by atoms with Gasteiger partial charge in [-0.2, -0.15) is 0 Å². The van der Waals surface area contributed by atoms with E-state index in [-0.39, 0.29) is 11.3 Å². The number of rotatable bonds is 4. The first-order valence-electron chi connectivity index (χ1n) is 9.78. The van der Waals surface area contributed by atoms with E-state index in [0.29, 0.717) is 0 Å². The minimum absolute atomic E-state index is 0.0516. The monoisotopic (exact) mass is 494 g/mol. The summed E-state index contributed by atoms with van der Waals surface area (Å²) in [7, 11) is 0. The van der Waals surface area contributed by atoms with Gasteiger partial charge in [0.15, 0.2) is 34.4 Å². The molecule has 0 bridgehead atoms. The lowest BCUT2D eigenvalue weighted by Gasteiger charge is -2.38. The molecule has 0 aliphatic carbocycles. The summed E-state index contributed by atoms with van der Waals surface area (Å²) < 4.78 is 15.8. The lowest BCUT2D eigenvalue weighted by Crippen LogP contribution is -2.61. The Kier molecular flexibility index (Phi) is 5.82. The number of fused-ring (bicyclic) bond motifs is 1. The molecule has 0 amide bonds. The third-order valence-corrected chi connectivity index (χ3v) is 5.36. The number of ether oxygens (including phenoxy) is 2. The molecule has 3 aromatic rings. The molecule has 5 atom stereocenters. The number of aromatic hydroxyl groups is 5. The van der Waals surface area contributed by atoms with Gasteiger partial charge in [0, 0.05) is 11.6 Å². The van der Waals surface area contributed by atoms with Crippen molar-refractivity contribution in [3.8, 4) is 45.8 Å². The molecule has 35 heavy (non-hydrogen) atoms. The quantitative estimate of drug-likeness (QED) is 0.203. The minimum atomic E-state index is -2.07. The molecular weight excluding hydrogens is 476 g/mol. The van der Waals surface area contributed by atoms with Crippen molar-refractivity contribution in [2.24, 2.45) is 0 Å². The SMILES string of the molecule is O=C(O)C1OC(Oc2c(O)c(O)c(O)c3c(=O)cc(-c4ccc(O)c(O)c4)oc23)C(O)C(O)C1O. The second-order valence-electron chi connectivity index (χ2n) is 7.61. The highest BCUT2D eigenvalue weighted by Gasteiger charge is 2.48. The van der Waals surface area contributed by atoms with E-state index in [1.165, 1.54) is 6.07 Å². The number of aliphatic hydroxyl groups is 3. The highest BCUT2D eigenvalue weighted by molar-refractivity contribution is 5.94. The summed E-state index contributed by atoms with van der Waals surface area (Å²) in [5.74, 6) is -7.45. The van der Waals surface area contributed by atoms with E-state index in [1.807, 2.05) is 0 Å². The maximum Gasteiger partial charge on any atom is 0.335 e.